The highest BCUT2D eigenvalue weighted by Crippen LogP contribution is 2.32. The zero-order valence-electron chi connectivity index (χ0n) is 9.87. The Hall–Kier alpha value is -0.220. The van der Waals surface area contributed by atoms with Crippen molar-refractivity contribution < 1.29 is 9.90 Å². The van der Waals surface area contributed by atoms with Crippen molar-refractivity contribution in [3.05, 3.63) is 0 Å². The summed E-state index contributed by atoms with van der Waals surface area (Å²) in [5, 5.41) is 12.8. The van der Waals surface area contributed by atoms with E-state index in [1.54, 1.807) is 11.8 Å². The van der Waals surface area contributed by atoms with E-state index in [0.29, 0.717) is 6.04 Å². The first-order chi connectivity index (χ1) is 7.62. The largest absolute Gasteiger partial charge is 0.480 e. The molecule has 1 aliphatic carbocycles. The number of carboxylic acid groups (broad SMARTS) is 1. The summed E-state index contributed by atoms with van der Waals surface area (Å²) in [7, 11) is 0. The number of carbonyl (C=O) groups is 1. The Balaban J connectivity index is 1.97. The Morgan fingerprint density at radius 1 is 1.50 bits per heavy atom. The fraction of sp³-hybridized carbons (Fsp3) is 0.917. The van der Waals surface area contributed by atoms with Crippen LogP contribution in [0.1, 0.15) is 39.0 Å². The van der Waals surface area contributed by atoms with Gasteiger partial charge in [0.15, 0.2) is 0 Å². The Bertz CT molecular complexity index is 264. The molecule has 1 aliphatic heterocycles. The zero-order valence-corrected chi connectivity index (χ0v) is 10.7. The smallest absolute Gasteiger partial charge is 0.324 e. The quantitative estimate of drug-likeness (QED) is 0.797. The molecular formula is C12H21NO2S. The van der Waals surface area contributed by atoms with Crippen LogP contribution in [0.5, 0.6) is 0 Å². The number of thioether (sulfide) groups is 1. The maximum atomic E-state index is 11.4. The van der Waals surface area contributed by atoms with Gasteiger partial charge in [-0.25, -0.2) is 0 Å². The predicted molar refractivity (Wildman–Crippen MR) is 66.9 cm³/mol. The monoisotopic (exact) mass is 243 g/mol. The van der Waals surface area contributed by atoms with Crippen LogP contribution in [0.25, 0.3) is 0 Å². The van der Waals surface area contributed by atoms with E-state index in [9.17, 15) is 9.90 Å². The predicted octanol–water partition coefficient (Wildman–Crippen LogP) is 2.12. The molecule has 1 saturated carbocycles. The van der Waals surface area contributed by atoms with Crippen LogP contribution >= 0.6 is 11.8 Å². The average Bonchev–Trinajstić information content (AvgIpc) is 2.67. The first kappa shape index (κ1) is 12.2. The fourth-order valence-corrected chi connectivity index (χ4v) is 4.20. The van der Waals surface area contributed by atoms with E-state index >= 15 is 0 Å². The van der Waals surface area contributed by atoms with Gasteiger partial charge in [-0.15, -0.1) is 0 Å². The van der Waals surface area contributed by atoms with Crippen LogP contribution in [0, 0.1) is 5.92 Å². The van der Waals surface area contributed by atoms with Crippen LogP contribution in [0.3, 0.4) is 0 Å². The maximum absolute atomic E-state index is 11.4. The van der Waals surface area contributed by atoms with Crippen molar-refractivity contribution >= 4 is 17.7 Å². The first-order valence-electron chi connectivity index (χ1n) is 6.21. The molecule has 2 rings (SSSR count). The number of hydrogen-bond donors (Lipinski definition) is 2. The maximum Gasteiger partial charge on any atom is 0.324 e. The molecule has 92 valence electrons. The van der Waals surface area contributed by atoms with Crippen molar-refractivity contribution in [2.75, 3.05) is 11.5 Å². The van der Waals surface area contributed by atoms with E-state index in [4.69, 9.17) is 0 Å². The second kappa shape index (κ2) is 4.96. The van der Waals surface area contributed by atoms with Crippen LogP contribution in [-0.4, -0.2) is 34.2 Å². The number of aliphatic carboxylic acids is 1. The van der Waals surface area contributed by atoms with Gasteiger partial charge < -0.3 is 5.11 Å². The highest BCUT2D eigenvalue weighted by molar-refractivity contribution is 7.99. The highest BCUT2D eigenvalue weighted by Gasteiger charge is 2.43. The SMILES string of the molecule is CC1CCCC(NC2(C(=O)O)CCSC2)C1. The lowest BCUT2D eigenvalue weighted by Crippen LogP contribution is -2.57. The van der Waals surface area contributed by atoms with Gasteiger partial charge in [-0.3, -0.25) is 10.1 Å². The van der Waals surface area contributed by atoms with Crippen LogP contribution in [-0.2, 0) is 4.79 Å². The van der Waals surface area contributed by atoms with Gasteiger partial charge >= 0.3 is 5.97 Å². The van der Waals surface area contributed by atoms with E-state index < -0.39 is 11.5 Å². The fourth-order valence-electron chi connectivity index (χ4n) is 2.87. The molecule has 0 radical (unpaired) electrons. The summed E-state index contributed by atoms with van der Waals surface area (Å²) in [5.74, 6) is 1.79. The Kier molecular flexibility index (Phi) is 3.80. The van der Waals surface area contributed by atoms with E-state index in [1.165, 1.54) is 12.8 Å². The molecule has 4 heteroatoms. The molecule has 1 heterocycles. The van der Waals surface area contributed by atoms with Gasteiger partial charge in [0.25, 0.3) is 0 Å². The molecule has 3 atom stereocenters. The first-order valence-corrected chi connectivity index (χ1v) is 7.37. The highest BCUT2D eigenvalue weighted by atomic mass is 32.2. The van der Waals surface area contributed by atoms with Crippen molar-refractivity contribution in [3.63, 3.8) is 0 Å². The minimum absolute atomic E-state index is 0.415. The van der Waals surface area contributed by atoms with Crippen LogP contribution in [0.15, 0.2) is 0 Å². The van der Waals surface area contributed by atoms with Crippen LogP contribution in [0.2, 0.25) is 0 Å². The third-order valence-corrected chi connectivity index (χ3v) is 5.04. The summed E-state index contributed by atoms with van der Waals surface area (Å²) in [6.07, 6.45) is 5.59. The number of hydrogen-bond acceptors (Lipinski definition) is 3. The summed E-state index contributed by atoms with van der Waals surface area (Å²) >= 11 is 1.76. The number of carboxylic acids is 1. The summed E-state index contributed by atoms with van der Waals surface area (Å²) < 4.78 is 0. The summed E-state index contributed by atoms with van der Waals surface area (Å²) in [6.45, 7) is 2.27. The van der Waals surface area contributed by atoms with Crippen molar-refractivity contribution in [1.82, 2.24) is 5.32 Å². The summed E-state index contributed by atoms with van der Waals surface area (Å²) in [4.78, 5) is 11.4. The Morgan fingerprint density at radius 3 is 2.88 bits per heavy atom. The molecule has 0 aromatic rings. The topological polar surface area (TPSA) is 49.3 Å². The number of rotatable bonds is 3. The van der Waals surface area contributed by atoms with Gasteiger partial charge in [0.2, 0.25) is 0 Å². The van der Waals surface area contributed by atoms with Gasteiger partial charge in [-0.05, 0) is 30.9 Å². The average molecular weight is 243 g/mol. The molecule has 3 nitrogen and oxygen atoms in total. The molecule has 16 heavy (non-hydrogen) atoms. The normalized spacial score (nSPS) is 39.8. The standard InChI is InChI=1S/C12H21NO2S/c1-9-3-2-4-10(7-9)13-12(11(14)15)5-6-16-8-12/h9-10,13H,2-8H2,1H3,(H,14,15). The minimum Gasteiger partial charge on any atom is -0.480 e. The van der Waals surface area contributed by atoms with Gasteiger partial charge in [0, 0.05) is 11.8 Å². The third kappa shape index (κ3) is 2.54. The molecule has 2 N–H and O–H groups in total. The second-order valence-electron chi connectivity index (χ2n) is 5.30. The van der Waals surface area contributed by atoms with E-state index in [2.05, 4.69) is 12.2 Å². The second-order valence-corrected chi connectivity index (χ2v) is 6.41. The lowest BCUT2D eigenvalue weighted by Gasteiger charge is -2.34. The van der Waals surface area contributed by atoms with Gasteiger partial charge in [-0.1, -0.05) is 19.8 Å². The molecular weight excluding hydrogens is 222 g/mol. The molecule has 0 aromatic heterocycles. The molecule has 0 bridgehead atoms. The van der Waals surface area contributed by atoms with Gasteiger partial charge in [-0.2, -0.15) is 11.8 Å². The van der Waals surface area contributed by atoms with Gasteiger partial charge in [0.05, 0.1) is 0 Å². The van der Waals surface area contributed by atoms with Gasteiger partial charge in [0.1, 0.15) is 5.54 Å². The van der Waals surface area contributed by atoms with Crippen molar-refractivity contribution in [1.29, 1.82) is 0 Å². The summed E-state index contributed by atoms with van der Waals surface area (Å²) in [6, 6.07) is 0.415. The molecule has 0 amide bonds. The molecule has 0 aromatic carbocycles. The number of nitrogens with one attached hydrogen (secondary N) is 1. The molecule has 3 unspecified atom stereocenters. The summed E-state index contributed by atoms with van der Waals surface area (Å²) in [5.41, 5.74) is -0.633. The van der Waals surface area contributed by atoms with Crippen molar-refractivity contribution in [2.24, 2.45) is 5.92 Å². The lowest BCUT2D eigenvalue weighted by atomic mass is 9.85. The van der Waals surface area contributed by atoms with Crippen LogP contribution in [0.4, 0.5) is 0 Å². The Morgan fingerprint density at radius 2 is 2.31 bits per heavy atom. The third-order valence-electron chi connectivity index (χ3n) is 3.85. The van der Waals surface area contributed by atoms with E-state index in [-0.39, 0.29) is 0 Å². The molecule has 0 spiro atoms. The van der Waals surface area contributed by atoms with Crippen LogP contribution < -0.4 is 5.32 Å². The lowest BCUT2D eigenvalue weighted by molar-refractivity contribution is -0.144. The molecule has 1 saturated heterocycles. The van der Waals surface area contributed by atoms with E-state index in [0.717, 1.165) is 36.7 Å². The minimum atomic E-state index is -0.657. The molecule has 2 fully saturated rings. The van der Waals surface area contributed by atoms with Crippen molar-refractivity contribution in [2.45, 2.75) is 50.6 Å². The Labute approximate surface area is 101 Å². The van der Waals surface area contributed by atoms with E-state index in [1.807, 2.05) is 0 Å². The molecule has 2 aliphatic rings. The zero-order chi connectivity index (χ0) is 11.6. The van der Waals surface area contributed by atoms with Crippen molar-refractivity contribution in [3.8, 4) is 0 Å².